The van der Waals surface area contributed by atoms with Crippen LogP contribution in [0.3, 0.4) is 0 Å². The van der Waals surface area contributed by atoms with Gasteiger partial charge in [0.25, 0.3) is 0 Å². The van der Waals surface area contributed by atoms with Gasteiger partial charge in [0, 0.05) is 29.9 Å². The summed E-state index contributed by atoms with van der Waals surface area (Å²) in [5.41, 5.74) is 1.51. The minimum absolute atomic E-state index is 0.144. The van der Waals surface area contributed by atoms with Crippen molar-refractivity contribution in [1.29, 1.82) is 0 Å². The van der Waals surface area contributed by atoms with Crippen molar-refractivity contribution in [3.05, 3.63) is 63.5 Å². The third kappa shape index (κ3) is 3.03. The van der Waals surface area contributed by atoms with Gasteiger partial charge in [-0.15, -0.1) is 0 Å². The topological polar surface area (TPSA) is 75.4 Å². The van der Waals surface area contributed by atoms with Crippen LogP contribution in [0.4, 0.5) is 15.8 Å². The molecular weight excluding hydrogens is 263 g/mol. The zero-order valence-corrected chi connectivity index (χ0v) is 10.8. The van der Waals surface area contributed by atoms with Crippen molar-refractivity contribution >= 4 is 11.4 Å². The molecule has 0 spiro atoms. The second-order valence-corrected chi connectivity index (χ2v) is 4.41. The van der Waals surface area contributed by atoms with E-state index in [1.807, 2.05) is 13.0 Å². The van der Waals surface area contributed by atoms with E-state index in [1.54, 1.807) is 12.1 Å². The van der Waals surface area contributed by atoms with Crippen LogP contribution in [0.25, 0.3) is 0 Å². The van der Waals surface area contributed by atoms with E-state index in [-0.39, 0.29) is 5.75 Å². The van der Waals surface area contributed by atoms with Gasteiger partial charge >= 0.3 is 5.69 Å². The Bertz CT molecular complexity index is 659. The molecule has 0 aliphatic rings. The number of phenolic OH excluding ortho intramolecular Hbond substituents is 1. The number of phenols is 1. The lowest BCUT2D eigenvalue weighted by Crippen LogP contribution is -2.01. The van der Waals surface area contributed by atoms with Gasteiger partial charge in [0.1, 0.15) is 5.75 Å². The summed E-state index contributed by atoms with van der Waals surface area (Å²) in [6, 6.07) is 8.77. The molecule has 0 fully saturated rings. The quantitative estimate of drug-likeness (QED) is 0.663. The first kappa shape index (κ1) is 13.8. The number of rotatable bonds is 4. The first-order valence-electron chi connectivity index (χ1n) is 5.93. The number of nitro groups is 1. The van der Waals surface area contributed by atoms with Gasteiger partial charge in [-0.3, -0.25) is 10.1 Å². The van der Waals surface area contributed by atoms with Gasteiger partial charge in [-0.25, -0.2) is 0 Å². The minimum Gasteiger partial charge on any atom is -0.508 e. The number of anilines is 1. The molecule has 0 unspecified atom stereocenters. The molecule has 20 heavy (non-hydrogen) atoms. The number of hydrogen-bond donors (Lipinski definition) is 2. The van der Waals surface area contributed by atoms with Crippen molar-refractivity contribution in [3.8, 4) is 5.75 Å². The lowest BCUT2D eigenvalue weighted by Gasteiger charge is -2.09. The number of nitro benzene ring substituents is 1. The lowest BCUT2D eigenvalue weighted by atomic mass is 10.1. The Morgan fingerprint density at radius 1 is 1.30 bits per heavy atom. The SMILES string of the molecule is Cc1ccc(O)c(CNc2ccc([N+](=O)[O-])c(F)c2)c1. The molecule has 0 saturated carbocycles. The average Bonchev–Trinajstić information content (AvgIpc) is 2.39. The number of aryl methyl sites for hydroxylation is 1. The number of benzene rings is 2. The Kier molecular flexibility index (Phi) is 3.84. The summed E-state index contributed by atoms with van der Waals surface area (Å²) in [7, 11) is 0. The van der Waals surface area contributed by atoms with E-state index in [2.05, 4.69) is 5.32 Å². The van der Waals surface area contributed by atoms with E-state index < -0.39 is 16.4 Å². The molecule has 0 bridgehead atoms. The van der Waals surface area contributed by atoms with Crippen LogP contribution < -0.4 is 5.32 Å². The zero-order chi connectivity index (χ0) is 14.7. The summed E-state index contributed by atoms with van der Waals surface area (Å²) in [6.45, 7) is 2.19. The molecule has 0 aromatic heterocycles. The Hall–Kier alpha value is -2.63. The molecule has 2 N–H and O–H groups in total. The number of aromatic hydroxyl groups is 1. The maximum absolute atomic E-state index is 13.4. The van der Waals surface area contributed by atoms with Crippen molar-refractivity contribution in [2.24, 2.45) is 0 Å². The van der Waals surface area contributed by atoms with Crippen molar-refractivity contribution in [3.63, 3.8) is 0 Å². The molecule has 0 aliphatic carbocycles. The van der Waals surface area contributed by atoms with Crippen molar-refractivity contribution in [2.75, 3.05) is 5.32 Å². The van der Waals surface area contributed by atoms with E-state index in [0.29, 0.717) is 17.8 Å². The fraction of sp³-hybridized carbons (Fsp3) is 0.143. The maximum atomic E-state index is 13.4. The predicted octanol–water partition coefficient (Wildman–Crippen LogP) is 3.36. The van der Waals surface area contributed by atoms with Gasteiger partial charge in [0.2, 0.25) is 5.82 Å². The molecule has 0 aliphatic heterocycles. The van der Waals surface area contributed by atoms with Crippen molar-refractivity contribution < 1.29 is 14.4 Å². The highest BCUT2D eigenvalue weighted by molar-refractivity contribution is 5.50. The molecule has 0 heterocycles. The number of nitrogens with zero attached hydrogens (tertiary/aromatic N) is 1. The fourth-order valence-corrected chi connectivity index (χ4v) is 1.82. The van der Waals surface area contributed by atoms with Gasteiger partial charge in [0.05, 0.1) is 4.92 Å². The van der Waals surface area contributed by atoms with Crippen LogP contribution >= 0.6 is 0 Å². The molecule has 104 valence electrons. The average molecular weight is 276 g/mol. The molecular formula is C14H13FN2O3. The van der Waals surface area contributed by atoms with Crippen LogP contribution in [-0.4, -0.2) is 10.0 Å². The van der Waals surface area contributed by atoms with Crippen molar-refractivity contribution in [1.82, 2.24) is 0 Å². The van der Waals surface area contributed by atoms with Crippen LogP contribution in [0.15, 0.2) is 36.4 Å². The summed E-state index contributed by atoms with van der Waals surface area (Å²) < 4.78 is 13.4. The Morgan fingerprint density at radius 3 is 2.70 bits per heavy atom. The highest BCUT2D eigenvalue weighted by Crippen LogP contribution is 2.23. The molecule has 0 atom stereocenters. The monoisotopic (exact) mass is 276 g/mol. The molecule has 0 amide bonds. The molecule has 0 saturated heterocycles. The fourth-order valence-electron chi connectivity index (χ4n) is 1.82. The largest absolute Gasteiger partial charge is 0.508 e. The predicted molar refractivity (Wildman–Crippen MR) is 73.2 cm³/mol. The zero-order valence-electron chi connectivity index (χ0n) is 10.8. The van der Waals surface area contributed by atoms with Gasteiger partial charge < -0.3 is 10.4 Å². The van der Waals surface area contributed by atoms with E-state index in [9.17, 15) is 19.6 Å². The summed E-state index contributed by atoms with van der Waals surface area (Å²) in [4.78, 5) is 9.73. The third-order valence-corrected chi connectivity index (χ3v) is 2.86. The van der Waals surface area contributed by atoms with Crippen LogP contribution in [0.2, 0.25) is 0 Å². The summed E-state index contributed by atoms with van der Waals surface area (Å²) >= 11 is 0. The Labute approximate surface area is 114 Å². The second-order valence-electron chi connectivity index (χ2n) is 4.41. The van der Waals surface area contributed by atoms with Gasteiger partial charge in [-0.05, 0) is 19.1 Å². The number of nitrogens with one attached hydrogen (secondary N) is 1. The molecule has 6 heteroatoms. The number of halogens is 1. The van der Waals surface area contributed by atoms with E-state index in [1.165, 1.54) is 6.07 Å². The van der Waals surface area contributed by atoms with E-state index in [4.69, 9.17) is 0 Å². The highest BCUT2D eigenvalue weighted by atomic mass is 19.1. The third-order valence-electron chi connectivity index (χ3n) is 2.86. The van der Waals surface area contributed by atoms with Gasteiger partial charge in [-0.1, -0.05) is 17.7 Å². The van der Waals surface area contributed by atoms with Crippen LogP contribution in [0, 0.1) is 22.9 Å². The molecule has 5 nitrogen and oxygen atoms in total. The van der Waals surface area contributed by atoms with Gasteiger partial charge in [0.15, 0.2) is 0 Å². The first-order valence-corrected chi connectivity index (χ1v) is 5.93. The molecule has 0 radical (unpaired) electrons. The van der Waals surface area contributed by atoms with Crippen LogP contribution in [0.5, 0.6) is 5.75 Å². The summed E-state index contributed by atoms with van der Waals surface area (Å²) in [6.07, 6.45) is 0. The van der Waals surface area contributed by atoms with Gasteiger partial charge in [-0.2, -0.15) is 4.39 Å². The van der Waals surface area contributed by atoms with Crippen LogP contribution in [0.1, 0.15) is 11.1 Å². The molecule has 2 aromatic rings. The Balaban J connectivity index is 2.13. The summed E-state index contributed by atoms with van der Waals surface area (Å²) in [5.74, 6) is -0.751. The summed E-state index contributed by atoms with van der Waals surface area (Å²) in [5, 5.41) is 23.1. The van der Waals surface area contributed by atoms with E-state index in [0.717, 1.165) is 17.7 Å². The lowest BCUT2D eigenvalue weighted by molar-refractivity contribution is -0.387. The molecule has 2 rings (SSSR count). The second kappa shape index (κ2) is 5.56. The Morgan fingerprint density at radius 2 is 2.05 bits per heavy atom. The smallest absolute Gasteiger partial charge is 0.304 e. The molecule has 2 aromatic carbocycles. The number of hydrogen-bond acceptors (Lipinski definition) is 4. The van der Waals surface area contributed by atoms with Crippen molar-refractivity contribution in [2.45, 2.75) is 13.5 Å². The maximum Gasteiger partial charge on any atom is 0.304 e. The highest BCUT2D eigenvalue weighted by Gasteiger charge is 2.13. The first-order chi connectivity index (χ1) is 9.47. The van der Waals surface area contributed by atoms with Crippen LogP contribution in [-0.2, 0) is 6.54 Å². The standard InChI is InChI=1S/C14H13FN2O3/c1-9-2-5-14(18)10(6-9)8-16-11-3-4-13(17(19)20)12(15)7-11/h2-7,16,18H,8H2,1H3. The van der Waals surface area contributed by atoms with E-state index >= 15 is 0 Å². The minimum atomic E-state index is -0.895. The normalized spacial score (nSPS) is 10.3.